The highest BCUT2D eigenvalue weighted by molar-refractivity contribution is 8.04. The molecule has 0 aromatic carbocycles. The Labute approximate surface area is 114 Å². The van der Waals surface area contributed by atoms with E-state index in [1.807, 2.05) is 11.8 Å². The Morgan fingerprint density at radius 3 is 2.61 bits per heavy atom. The Morgan fingerprint density at radius 2 is 2.22 bits per heavy atom. The van der Waals surface area contributed by atoms with Crippen LogP contribution in [0.4, 0.5) is 0 Å². The summed E-state index contributed by atoms with van der Waals surface area (Å²) in [6.45, 7) is 5.17. The van der Waals surface area contributed by atoms with Gasteiger partial charge >= 0.3 is 5.97 Å². The van der Waals surface area contributed by atoms with E-state index in [4.69, 9.17) is 10.2 Å². The Hall–Kier alpha value is -0.520. The monoisotopic (exact) mass is 275 g/mol. The molecule has 0 saturated heterocycles. The third-order valence-corrected chi connectivity index (χ3v) is 3.70. The fourth-order valence-corrected chi connectivity index (χ4v) is 2.18. The van der Waals surface area contributed by atoms with Gasteiger partial charge in [0.2, 0.25) is 0 Å². The molecule has 1 heterocycles. The van der Waals surface area contributed by atoms with Gasteiger partial charge < -0.3 is 15.5 Å². The van der Waals surface area contributed by atoms with Crippen molar-refractivity contribution in [1.29, 1.82) is 0 Å². The van der Waals surface area contributed by atoms with Crippen molar-refractivity contribution in [1.82, 2.24) is 5.32 Å². The zero-order valence-electron chi connectivity index (χ0n) is 11.3. The molecule has 106 valence electrons. The molecule has 18 heavy (non-hydrogen) atoms. The Kier molecular flexibility index (Phi) is 11.2. The number of carboxylic acids is 1. The molecule has 0 fully saturated rings. The van der Waals surface area contributed by atoms with Gasteiger partial charge in [-0.25, -0.2) is 0 Å². The van der Waals surface area contributed by atoms with Gasteiger partial charge in [-0.3, -0.25) is 4.79 Å². The summed E-state index contributed by atoms with van der Waals surface area (Å²) in [5, 5.41) is 22.1. The van der Waals surface area contributed by atoms with E-state index in [9.17, 15) is 4.79 Å². The first-order valence-corrected chi connectivity index (χ1v) is 7.43. The van der Waals surface area contributed by atoms with E-state index in [-0.39, 0.29) is 13.2 Å². The van der Waals surface area contributed by atoms with Crippen LogP contribution in [0.1, 0.15) is 39.5 Å². The van der Waals surface area contributed by atoms with Crippen molar-refractivity contribution in [3.63, 3.8) is 0 Å². The molecule has 0 aromatic heterocycles. The zero-order valence-corrected chi connectivity index (χ0v) is 12.1. The third kappa shape index (κ3) is 9.50. The molecule has 1 aliphatic rings. The van der Waals surface area contributed by atoms with Crippen LogP contribution in [0.15, 0.2) is 11.0 Å². The van der Waals surface area contributed by atoms with Crippen LogP contribution >= 0.6 is 11.8 Å². The summed E-state index contributed by atoms with van der Waals surface area (Å²) in [5.74, 6) is -0.868. The summed E-state index contributed by atoms with van der Waals surface area (Å²) in [4.78, 5) is 9.84. The van der Waals surface area contributed by atoms with E-state index in [1.54, 1.807) is 5.57 Å². The molecule has 4 nitrogen and oxygen atoms in total. The summed E-state index contributed by atoms with van der Waals surface area (Å²) >= 11 is 1.96. The van der Waals surface area contributed by atoms with Gasteiger partial charge in [-0.05, 0) is 38.1 Å². The Morgan fingerprint density at radius 1 is 1.50 bits per heavy atom. The first-order chi connectivity index (χ1) is 8.61. The van der Waals surface area contributed by atoms with Crippen molar-refractivity contribution in [3.8, 4) is 0 Å². The van der Waals surface area contributed by atoms with Crippen molar-refractivity contribution in [2.24, 2.45) is 0 Å². The molecular formula is C13H25NO3S. The van der Waals surface area contributed by atoms with Crippen molar-refractivity contribution in [2.75, 3.05) is 19.7 Å². The number of rotatable bonds is 8. The lowest BCUT2D eigenvalue weighted by atomic mass is 10.1. The lowest BCUT2D eigenvalue weighted by Crippen LogP contribution is -2.23. The number of aliphatic hydroxyl groups is 1. The van der Waals surface area contributed by atoms with Gasteiger partial charge in [0.25, 0.3) is 0 Å². The Bertz CT molecular complexity index is 257. The molecule has 5 heteroatoms. The van der Waals surface area contributed by atoms with Crippen LogP contribution in [0.5, 0.6) is 0 Å². The third-order valence-electron chi connectivity index (χ3n) is 2.55. The molecule has 0 radical (unpaired) electrons. The first-order valence-electron chi connectivity index (χ1n) is 6.49. The van der Waals surface area contributed by atoms with Crippen LogP contribution in [0.25, 0.3) is 0 Å². The number of hydrogen-bond acceptors (Lipinski definition) is 4. The maximum Gasteiger partial charge on any atom is 0.317 e. The number of carboxylic acid groups (broad SMARTS) is 1. The van der Waals surface area contributed by atoms with Crippen LogP contribution in [0.3, 0.4) is 0 Å². The minimum absolute atomic E-state index is 0.0278. The lowest BCUT2D eigenvalue weighted by molar-refractivity contribution is -0.135. The van der Waals surface area contributed by atoms with Gasteiger partial charge in [0.1, 0.15) is 0 Å². The molecule has 0 aliphatic carbocycles. The maximum atomic E-state index is 9.84. The lowest BCUT2D eigenvalue weighted by Gasteiger charge is -2.21. The second-order valence-electron chi connectivity index (χ2n) is 4.22. The minimum Gasteiger partial charge on any atom is -0.480 e. The fraction of sp³-hybridized carbons (Fsp3) is 0.769. The second-order valence-corrected chi connectivity index (χ2v) is 5.44. The first kappa shape index (κ1) is 17.5. The molecule has 1 rings (SSSR count). The van der Waals surface area contributed by atoms with Crippen molar-refractivity contribution in [3.05, 3.63) is 11.0 Å². The van der Waals surface area contributed by atoms with Crippen LogP contribution < -0.4 is 5.32 Å². The average Bonchev–Trinajstić information content (AvgIpc) is 2.34. The average molecular weight is 275 g/mol. The highest BCUT2D eigenvalue weighted by atomic mass is 32.2. The molecule has 1 atom stereocenters. The van der Waals surface area contributed by atoms with Crippen molar-refractivity contribution < 1.29 is 15.0 Å². The standard InChI is InChI=1S/C8H14S.C5H11NO3/c1-3-4-5-8-6-9-7(8)2;7-3-1-2-6-4-5(8)9/h6-7H,3-5H2,1-2H3;6-7H,1-4H2,(H,8,9). The number of unbranched alkanes of at least 4 members (excludes halogenated alkanes) is 1. The van der Waals surface area contributed by atoms with Crippen LogP contribution in [-0.2, 0) is 4.79 Å². The molecule has 1 aliphatic heterocycles. The van der Waals surface area contributed by atoms with E-state index >= 15 is 0 Å². The minimum atomic E-state index is -0.868. The molecule has 0 bridgehead atoms. The number of carbonyl (C=O) groups is 1. The highest BCUT2D eigenvalue weighted by Gasteiger charge is 2.15. The molecular weight excluding hydrogens is 250 g/mol. The topological polar surface area (TPSA) is 69.6 Å². The van der Waals surface area contributed by atoms with Crippen LogP contribution in [0, 0.1) is 0 Å². The SMILES string of the molecule is CCCCC1=CSC1C.O=C(O)CNCCCO. The predicted molar refractivity (Wildman–Crippen MR) is 76.9 cm³/mol. The maximum absolute atomic E-state index is 9.84. The quantitative estimate of drug-likeness (QED) is 0.593. The zero-order chi connectivity index (χ0) is 13.8. The van der Waals surface area contributed by atoms with Crippen molar-refractivity contribution >= 4 is 17.7 Å². The molecule has 0 amide bonds. The summed E-state index contributed by atoms with van der Waals surface area (Å²) in [6, 6.07) is 0. The number of aliphatic carboxylic acids is 1. The molecule has 0 aromatic rings. The van der Waals surface area contributed by atoms with E-state index in [1.165, 1.54) is 19.3 Å². The molecule has 0 spiro atoms. The van der Waals surface area contributed by atoms with Gasteiger partial charge in [0.15, 0.2) is 0 Å². The van der Waals surface area contributed by atoms with Crippen molar-refractivity contribution in [2.45, 2.75) is 44.8 Å². The van der Waals surface area contributed by atoms with Gasteiger partial charge in [0, 0.05) is 11.9 Å². The molecule has 3 N–H and O–H groups in total. The number of hydrogen-bond donors (Lipinski definition) is 3. The summed E-state index contributed by atoms with van der Waals surface area (Å²) in [5.41, 5.74) is 1.67. The largest absolute Gasteiger partial charge is 0.480 e. The van der Waals surface area contributed by atoms with Gasteiger partial charge in [-0.2, -0.15) is 0 Å². The summed E-state index contributed by atoms with van der Waals surface area (Å²) in [6.07, 6.45) is 4.64. The number of aliphatic hydroxyl groups excluding tert-OH is 1. The number of thioether (sulfide) groups is 1. The van der Waals surface area contributed by atoms with Crippen LogP contribution in [0.2, 0.25) is 0 Å². The smallest absolute Gasteiger partial charge is 0.317 e. The van der Waals surface area contributed by atoms with E-state index in [2.05, 4.69) is 24.6 Å². The van der Waals surface area contributed by atoms with E-state index in [0.717, 1.165) is 5.25 Å². The van der Waals surface area contributed by atoms with Crippen LogP contribution in [-0.4, -0.2) is 41.1 Å². The fourth-order valence-electron chi connectivity index (χ4n) is 1.34. The highest BCUT2D eigenvalue weighted by Crippen LogP contribution is 2.35. The van der Waals surface area contributed by atoms with Gasteiger partial charge in [-0.1, -0.05) is 18.9 Å². The number of nitrogens with one attached hydrogen (secondary N) is 1. The van der Waals surface area contributed by atoms with E-state index in [0.29, 0.717) is 13.0 Å². The van der Waals surface area contributed by atoms with E-state index < -0.39 is 5.97 Å². The molecule has 0 saturated carbocycles. The van der Waals surface area contributed by atoms with Gasteiger partial charge in [0.05, 0.1) is 6.54 Å². The summed E-state index contributed by atoms with van der Waals surface area (Å²) in [7, 11) is 0. The molecule has 1 unspecified atom stereocenters. The normalized spacial score (nSPS) is 17.3. The predicted octanol–water partition coefficient (Wildman–Crippen LogP) is 2.24. The summed E-state index contributed by atoms with van der Waals surface area (Å²) < 4.78 is 0. The Balaban J connectivity index is 0.000000321. The van der Waals surface area contributed by atoms with Gasteiger partial charge in [-0.15, -0.1) is 11.8 Å². The second kappa shape index (κ2) is 11.6.